The van der Waals surface area contributed by atoms with Gasteiger partial charge < -0.3 is 30.9 Å². The molecule has 3 aromatic rings. The first-order chi connectivity index (χ1) is 16.7. The number of nitrogens with two attached hydrogens (primary N) is 1. The van der Waals surface area contributed by atoms with Crippen molar-refractivity contribution in [1.82, 2.24) is 0 Å². The standard InChI is InChI=1S/C26H28N4O5/c1-15-7-12-21(20(13-15)25(31)30-19-10-8-17(9-11-19)24(27)28)29-14-18-5-4-6-22(23(18)34-3)35-16(2)26(32)33/h4-13,16,29H,14H2,1-3H3,(H3,27,28)(H,30,31)(H,32,33). The number of aliphatic carboxylic acids is 1. The predicted octanol–water partition coefficient (Wildman–Crippen LogP) is 4.00. The van der Waals surface area contributed by atoms with E-state index in [1.165, 1.54) is 14.0 Å². The summed E-state index contributed by atoms with van der Waals surface area (Å²) in [6, 6.07) is 17.4. The average molecular weight is 477 g/mol. The van der Waals surface area contributed by atoms with E-state index in [0.29, 0.717) is 40.5 Å². The van der Waals surface area contributed by atoms with Gasteiger partial charge in [0.2, 0.25) is 0 Å². The highest BCUT2D eigenvalue weighted by molar-refractivity contribution is 6.08. The lowest BCUT2D eigenvalue weighted by Gasteiger charge is -2.18. The number of carbonyl (C=O) groups excluding carboxylic acids is 1. The lowest BCUT2D eigenvalue weighted by atomic mass is 10.1. The van der Waals surface area contributed by atoms with Gasteiger partial charge in [0.1, 0.15) is 5.84 Å². The number of nitrogens with one attached hydrogen (secondary N) is 3. The number of para-hydroxylation sites is 1. The molecule has 0 saturated heterocycles. The molecule has 1 amide bonds. The van der Waals surface area contributed by atoms with E-state index < -0.39 is 12.1 Å². The minimum absolute atomic E-state index is 0.0460. The summed E-state index contributed by atoms with van der Waals surface area (Å²) in [5, 5.41) is 22.8. The number of anilines is 2. The van der Waals surface area contributed by atoms with E-state index in [-0.39, 0.29) is 11.7 Å². The van der Waals surface area contributed by atoms with Crippen LogP contribution in [0.3, 0.4) is 0 Å². The molecule has 0 spiro atoms. The van der Waals surface area contributed by atoms with Crippen LogP contribution in [-0.2, 0) is 11.3 Å². The fraction of sp³-hybridized carbons (Fsp3) is 0.192. The average Bonchev–Trinajstić information content (AvgIpc) is 2.83. The molecule has 0 aliphatic heterocycles. The summed E-state index contributed by atoms with van der Waals surface area (Å²) in [6.07, 6.45) is -1.04. The first-order valence-electron chi connectivity index (χ1n) is 10.8. The fourth-order valence-electron chi connectivity index (χ4n) is 3.39. The number of benzene rings is 3. The third kappa shape index (κ3) is 6.29. The normalized spacial score (nSPS) is 11.3. The molecule has 6 N–H and O–H groups in total. The topological polar surface area (TPSA) is 147 Å². The van der Waals surface area contributed by atoms with Crippen molar-refractivity contribution in [2.75, 3.05) is 17.7 Å². The van der Waals surface area contributed by atoms with Crippen LogP contribution in [0.1, 0.15) is 34.0 Å². The molecule has 3 aromatic carbocycles. The van der Waals surface area contributed by atoms with Gasteiger partial charge in [-0.3, -0.25) is 10.2 Å². The first-order valence-corrected chi connectivity index (χ1v) is 10.8. The Kier molecular flexibility index (Phi) is 7.93. The van der Waals surface area contributed by atoms with Gasteiger partial charge in [0.25, 0.3) is 5.91 Å². The summed E-state index contributed by atoms with van der Waals surface area (Å²) in [4.78, 5) is 24.2. The van der Waals surface area contributed by atoms with E-state index in [0.717, 1.165) is 11.1 Å². The summed E-state index contributed by atoms with van der Waals surface area (Å²) in [7, 11) is 1.49. The molecule has 9 nitrogen and oxygen atoms in total. The van der Waals surface area contributed by atoms with E-state index in [9.17, 15) is 9.59 Å². The second kappa shape index (κ2) is 11.1. The third-order valence-corrected chi connectivity index (χ3v) is 5.26. The van der Waals surface area contributed by atoms with E-state index in [1.807, 2.05) is 25.1 Å². The SMILES string of the molecule is COc1c(CNc2ccc(C)cc2C(=O)Nc2ccc(C(=N)N)cc2)cccc1OC(C)C(=O)O. The minimum atomic E-state index is -1.08. The zero-order valence-electron chi connectivity index (χ0n) is 19.7. The van der Waals surface area contributed by atoms with Crippen molar-refractivity contribution in [3.63, 3.8) is 0 Å². The Hall–Kier alpha value is -4.53. The summed E-state index contributed by atoms with van der Waals surface area (Å²) >= 11 is 0. The molecule has 0 aliphatic carbocycles. The van der Waals surface area contributed by atoms with Gasteiger partial charge in [-0.2, -0.15) is 0 Å². The third-order valence-electron chi connectivity index (χ3n) is 5.26. The van der Waals surface area contributed by atoms with E-state index >= 15 is 0 Å². The maximum Gasteiger partial charge on any atom is 0.344 e. The van der Waals surface area contributed by atoms with Gasteiger partial charge in [-0.15, -0.1) is 0 Å². The van der Waals surface area contributed by atoms with Crippen LogP contribution in [-0.4, -0.2) is 36.0 Å². The molecule has 1 atom stereocenters. The quantitative estimate of drug-likeness (QED) is 0.219. The van der Waals surface area contributed by atoms with Gasteiger partial charge in [-0.05, 0) is 56.3 Å². The van der Waals surface area contributed by atoms with Crippen molar-refractivity contribution in [2.45, 2.75) is 26.5 Å². The van der Waals surface area contributed by atoms with E-state index in [1.54, 1.807) is 42.5 Å². The van der Waals surface area contributed by atoms with Crippen LogP contribution >= 0.6 is 0 Å². The summed E-state index contributed by atoms with van der Waals surface area (Å²) in [5.74, 6) is -0.697. The summed E-state index contributed by atoms with van der Waals surface area (Å²) in [6.45, 7) is 3.64. The number of amides is 1. The molecular formula is C26H28N4O5. The Morgan fingerprint density at radius 1 is 1.11 bits per heavy atom. The van der Waals surface area contributed by atoms with Gasteiger partial charge in [-0.1, -0.05) is 23.8 Å². The largest absolute Gasteiger partial charge is 0.493 e. The van der Waals surface area contributed by atoms with Crippen LogP contribution in [0, 0.1) is 12.3 Å². The number of nitrogen functional groups attached to an aromatic ring is 1. The molecule has 35 heavy (non-hydrogen) atoms. The monoisotopic (exact) mass is 476 g/mol. The van der Waals surface area contributed by atoms with Gasteiger partial charge in [0, 0.05) is 29.0 Å². The molecule has 3 rings (SSSR count). The highest BCUT2D eigenvalue weighted by Crippen LogP contribution is 2.33. The number of carboxylic acid groups (broad SMARTS) is 1. The summed E-state index contributed by atoms with van der Waals surface area (Å²) < 4.78 is 11.0. The van der Waals surface area contributed by atoms with Crippen LogP contribution in [0.2, 0.25) is 0 Å². The van der Waals surface area contributed by atoms with Gasteiger partial charge in [0.05, 0.1) is 12.7 Å². The second-order valence-corrected chi connectivity index (χ2v) is 7.89. The molecule has 0 saturated carbocycles. The first kappa shape index (κ1) is 25.1. The molecule has 1 unspecified atom stereocenters. The number of hydrogen-bond donors (Lipinski definition) is 5. The Bertz CT molecular complexity index is 1240. The smallest absolute Gasteiger partial charge is 0.344 e. The molecule has 0 bridgehead atoms. The van der Waals surface area contributed by atoms with Crippen molar-refractivity contribution in [3.05, 3.63) is 82.9 Å². The van der Waals surface area contributed by atoms with E-state index in [4.69, 9.17) is 25.7 Å². The van der Waals surface area contributed by atoms with Crippen LogP contribution in [0.4, 0.5) is 11.4 Å². The number of amidine groups is 1. The number of carbonyl (C=O) groups is 2. The molecule has 0 aromatic heterocycles. The number of hydrogen-bond acceptors (Lipinski definition) is 6. The maximum absolute atomic E-state index is 13.1. The highest BCUT2D eigenvalue weighted by atomic mass is 16.5. The lowest BCUT2D eigenvalue weighted by molar-refractivity contribution is -0.144. The van der Waals surface area contributed by atoms with Crippen molar-refractivity contribution < 1.29 is 24.2 Å². The molecule has 182 valence electrons. The van der Waals surface area contributed by atoms with Crippen LogP contribution in [0.15, 0.2) is 60.7 Å². The van der Waals surface area contributed by atoms with Crippen molar-refractivity contribution in [2.24, 2.45) is 5.73 Å². The van der Waals surface area contributed by atoms with Crippen molar-refractivity contribution in [1.29, 1.82) is 5.41 Å². The zero-order valence-corrected chi connectivity index (χ0v) is 19.7. The van der Waals surface area contributed by atoms with Crippen LogP contribution in [0.5, 0.6) is 11.5 Å². The second-order valence-electron chi connectivity index (χ2n) is 7.89. The van der Waals surface area contributed by atoms with E-state index in [2.05, 4.69) is 10.6 Å². The minimum Gasteiger partial charge on any atom is -0.493 e. The number of carboxylic acids is 1. The number of ether oxygens (including phenoxy) is 2. The molecule has 0 heterocycles. The zero-order chi connectivity index (χ0) is 25.5. The van der Waals surface area contributed by atoms with Crippen molar-refractivity contribution in [3.8, 4) is 11.5 Å². The Balaban J connectivity index is 1.80. The number of aryl methyl sites for hydroxylation is 1. The van der Waals surface area contributed by atoms with Gasteiger partial charge in [-0.25, -0.2) is 4.79 Å². The fourth-order valence-corrected chi connectivity index (χ4v) is 3.39. The highest BCUT2D eigenvalue weighted by Gasteiger charge is 2.18. The Labute approximate surface area is 203 Å². The lowest BCUT2D eigenvalue weighted by Crippen LogP contribution is -2.23. The maximum atomic E-state index is 13.1. The molecule has 0 radical (unpaired) electrons. The molecular weight excluding hydrogens is 448 g/mol. The number of rotatable bonds is 10. The molecule has 9 heteroatoms. The van der Waals surface area contributed by atoms with Crippen molar-refractivity contribution >= 4 is 29.1 Å². The number of methoxy groups -OCH3 is 1. The van der Waals surface area contributed by atoms with Crippen LogP contribution in [0.25, 0.3) is 0 Å². The van der Waals surface area contributed by atoms with Crippen LogP contribution < -0.4 is 25.8 Å². The molecule has 0 fully saturated rings. The van der Waals surface area contributed by atoms with Gasteiger partial charge in [0.15, 0.2) is 17.6 Å². The predicted molar refractivity (Wildman–Crippen MR) is 135 cm³/mol. The molecule has 0 aliphatic rings. The Morgan fingerprint density at radius 3 is 2.46 bits per heavy atom. The summed E-state index contributed by atoms with van der Waals surface area (Å²) in [5.41, 5.74) is 9.34. The van der Waals surface area contributed by atoms with Gasteiger partial charge >= 0.3 is 5.97 Å². The Morgan fingerprint density at radius 2 is 1.83 bits per heavy atom.